The zero-order valence-electron chi connectivity index (χ0n) is 11.8. The second-order valence-electron chi connectivity index (χ2n) is 5.29. The van der Waals surface area contributed by atoms with Gasteiger partial charge in [0.2, 0.25) is 0 Å². The van der Waals surface area contributed by atoms with Crippen molar-refractivity contribution < 1.29 is 9.53 Å². The van der Waals surface area contributed by atoms with Crippen LogP contribution >= 0.6 is 15.9 Å². The van der Waals surface area contributed by atoms with Gasteiger partial charge in [0.15, 0.2) is 0 Å². The van der Waals surface area contributed by atoms with Crippen molar-refractivity contribution in [1.29, 1.82) is 0 Å². The van der Waals surface area contributed by atoms with Gasteiger partial charge in [0.05, 0.1) is 12.2 Å². The molecule has 1 aliphatic rings. The van der Waals surface area contributed by atoms with Gasteiger partial charge in [-0.3, -0.25) is 0 Å². The van der Waals surface area contributed by atoms with E-state index >= 15 is 0 Å². The van der Waals surface area contributed by atoms with Crippen molar-refractivity contribution in [3.05, 3.63) is 28.2 Å². The summed E-state index contributed by atoms with van der Waals surface area (Å²) in [5.74, 6) is -0.317. The van der Waals surface area contributed by atoms with Gasteiger partial charge in [-0.25, -0.2) is 4.79 Å². The van der Waals surface area contributed by atoms with Crippen LogP contribution in [0.2, 0.25) is 0 Å². The van der Waals surface area contributed by atoms with E-state index in [4.69, 9.17) is 10.5 Å². The van der Waals surface area contributed by atoms with Gasteiger partial charge in [0, 0.05) is 16.2 Å². The number of hydrogen-bond donors (Lipinski definition) is 1. The molecule has 0 amide bonds. The second kappa shape index (κ2) is 7.09. The number of carbonyl (C=O) groups excluding carboxylic acids is 1. The number of ether oxygens (including phenoxy) is 1. The Morgan fingerprint density at radius 2 is 2.30 bits per heavy atom. The quantitative estimate of drug-likeness (QED) is 0.676. The van der Waals surface area contributed by atoms with Gasteiger partial charge in [0.1, 0.15) is 0 Å². The molecule has 1 unspecified atom stereocenters. The van der Waals surface area contributed by atoms with E-state index in [0.29, 0.717) is 28.4 Å². The topological polar surface area (TPSA) is 55.6 Å². The van der Waals surface area contributed by atoms with Crippen LogP contribution in [0.25, 0.3) is 0 Å². The first-order valence-corrected chi connectivity index (χ1v) is 7.79. The maximum absolute atomic E-state index is 12.0. The van der Waals surface area contributed by atoms with Gasteiger partial charge in [0.25, 0.3) is 0 Å². The van der Waals surface area contributed by atoms with E-state index in [0.717, 1.165) is 13.0 Å². The maximum atomic E-state index is 12.0. The fourth-order valence-electron chi connectivity index (χ4n) is 2.57. The van der Waals surface area contributed by atoms with Crippen LogP contribution < -0.4 is 5.73 Å². The summed E-state index contributed by atoms with van der Waals surface area (Å²) in [5, 5.41) is 0. The third-order valence-electron chi connectivity index (χ3n) is 3.82. The highest BCUT2D eigenvalue weighted by Crippen LogP contribution is 2.21. The van der Waals surface area contributed by atoms with Crippen molar-refractivity contribution in [2.24, 2.45) is 0 Å². The van der Waals surface area contributed by atoms with E-state index in [1.54, 1.807) is 18.2 Å². The molecule has 0 saturated carbocycles. The maximum Gasteiger partial charge on any atom is 0.339 e. The summed E-state index contributed by atoms with van der Waals surface area (Å²) in [4.78, 5) is 14.4. The molecule has 5 heteroatoms. The number of likely N-dealkylation sites (tertiary alicyclic amines) is 1. The van der Waals surface area contributed by atoms with E-state index in [2.05, 4.69) is 27.9 Å². The number of hydrogen-bond acceptors (Lipinski definition) is 4. The Balaban J connectivity index is 1.84. The standard InChI is InChI=1S/C15H21BrN2O2/c1-18-8-3-2-4-12(18)7-9-20-15(19)13-10-11(17)5-6-14(13)16/h5-6,10,12H,2-4,7-9,17H2,1H3. The molecular weight excluding hydrogens is 320 g/mol. The van der Waals surface area contributed by atoms with Gasteiger partial charge < -0.3 is 15.4 Å². The Labute approximate surface area is 128 Å². The predicted molar refractivity (Wildman–Crippen MR) is 83.7 cm³/mol. The number of nitrogens with two attached hydrogens (primary N) is 1. The van der Waals surface area contributed by atoms with Gasteiger partial charge in [-0.15, -0.1) is 0 Å². The monoisotopic (exact) mass is 340 g/mol. The first-order valence-electron chi connectivity index (χ1n) is 7.00. The highest BCUT2D eigenvalue weighted by atomic mass is 79.9. The molecule has 1 fully saturated rings. The van der Waals surface area contributed by atoms with Gasteiger partial charge in [-0.2, -0.15) is 0 Å². The van der Waals surface area contributed by atoms with Crippen molar-refractivity contribution in [2.45, 2.75) is 31.7 Å². The molecule has 4 nitrogen and oxygen atoms in total. The van der Waals surface area contributed by atoms with E-state index in [1.807, 2.05) is 0 Å². The number of nitrogen functional groups attached to an aromatic ring is 1. The SMILES string of the molecule is CN1CCCCC1CCOC(=O)c1cc(N)ccc1Br. The molecule has 1 heterocycles. The zero-order valence-corrected chi connectivity index (χ0v) is 13.4. The molecule has 1 aliphatic heterocycles. The van der Waals surface area contributed by atoms with Crippen molar-refractivity contribution in [1.82, 2.24) is 4.90 Å². The fraction of sp³-hybridized carbons (Fsp3) is 0.533. The van der Waals surface area contributed by atoms with Crippen LogP contribution in [0, 0.1) is 0 Å². The molecular formula is C15H21BrN2O2. The molecule has 1 atom stereocenters. The van der Waals surface area contributed by atoms with E-state index in [1.165, 1.54) is 19.3 Å². The third kappa shape index (κ3) is 3.96. The molecule has 0 radical (unpaired) electrons. The summed E-state index contributed by atoms with van der Waals surface area (Å²) in [5.41, 5.74) is 6.74. The minimum atomic E-state index is -0.317. The van der Waals surface area contributed by atoms with Crippen molar-refractivity contribution in [3.8, 4) is 0 Å². The summed E-state index contributed by atoms with van der Waals surface area (Å²) in [6, 6.07) is 5.68. The fourth-order valence-corrected chi connectivity index (χ4v) is 2.98. The summed E-state index contributed by atoms with van der Waals surface area (Å²) < 4.78 is 6.08. The molecule has 2 N–H and O–H groups in total. The van der Waals surface area contributed by atoms with Crippen LogP contribution in [-0.2, 0) is 4.74 Å². The molecule has 1 saturated heterocycles. The van der Waals surface area contributed by atoms with E-state index < -0.39 is 0 Å². The lowest BCUT2D eigenvalue weighted by Gasteiger charge is -2.32. The number of piperidine rings is 1. The number of benzene rings is 1. The lowest BCUT2D eigenvalue weighted by molar-refractivity contribution is 0.0449. The summed E-state index contributed by atoms with van der Waals surface area (Å²) >= 11 is 3.34. The normalized spacial score (nSPS) is 19.8. The summed E-state index contributed by atoms with van der Waals surface area (Å²) in [7, 11) is 2.14. The molecule has 0 aliphatic carbocycles. The number of anilines is 1. The molecule has 20 heavy (non-hydrogen) atoms. The zero-order chi connectivity index (χ0) is 14.5. The Kier molecular flexibility index (Phi) is 5.43. The molecule has 1 aromatic rings. The highest BCUT2D eigenvalue weighted by molar-refractivity contribution is 9.10. The Hall–Kier alpha value is -1.07. The minimum absolute atomic E-state index is 0.317. The second-order valence-corrected chi connectivity index (χ2v) is 6.15. The Morgan fingerprint density at radius 3 is 3.05 bits per heavy atom. The van der Waals surface area contributed by atoms with E-state index in [-0.39, 0.29) is 5.97 Å². The van der Waals surface area contributed by atoms with Crippen LogP contribution in [0.1, 0.15) is 36.0 Å². The first-order chi connectivity index (χ1) is 9.58. The van der Waals surface area contributed by atoms with Crippen molar-refractivity contribution in [3.63, 3.8) is 0 Å². The van der Waals surface area contributed by atoms with Gasteiger partial charge >= 0.3 is 5.97 Å². The smallest absolute Gasteiger partial charge is 0.339 e. The molecule has 2 rings (SSSR count). The van der Waals surface area contributed by atoms with Crippen LogP contribution in [0.4, 0.5) is 5.69 Å². The Morgan fingerprint density at radius 1 is 1.50 bits per heavy atom. The van der Waals surface area contributed by atoms with Crippen LogP contribution in [0.5, 0.6) is 0 Å². The largest absolute Gasteiger partial charge is 0.462 e. The van der Waals surface area contributed by atoms with Crippen molar-refractivity contribution in [2.75, 3.05) is 25.9 Å². The number of nitrogens with zero attached hydrogens (tertiary/aromatic N) is 1. The molecule has 1 aromatic carbocycles. The van der Waals surface area contributed by atoms with Gasteiger partial charge in [-0.1, -0.05) is 6.42 Å². The number of carbonyl (C=O) groups is 1. The first kappa shape index (κ1) is 15.3. The molecule has 0 bridgehead atoms. The number of rotatable bonds is 4. The van der Waals surface area contributed by atoms with Crippen LogP contribution in [-0.4, -0.2) is 37.1 Å². The molecule has 110 valence electrons. The van der Waals surface area contributed by atoms with Gasteiger partial charge in [-0.05, 0) is 67.0 Å². The molecule has 0 spiro atoms. The highest BCUT2D eigenvalue weighted by Gasteiger charge is 2.19. The van der Waals surface area contributed by atoms with Crippen LogP contribution in [0.3, 0.4) is 0 Å². The van der Waals surface area contributed by atoms with E-state index in [9.17, 15) is 4.79 Å². The van der Waals surface area contributed by atoms with Crippen LogP contribution in [0.15, 0.2) is 22.7 Å². The minimum Gasteiger partial charge on any atom is -0.462 e. The average Bonchev–Trinajstić information content (AvgIpc) is 2.43. The predicted octanol–water partition coefficient (Wildman–Crippen LogP) is 3.06. The average molecular weight is 341 g/mol. The van der Waals surface area contributed by atoms with Crippen molar-refractivity contribution >= 4 is 27.6 Å². The summed E-state index contributed by atoms with van der Waals surface area (Å²) in [6.45, 7) is 1.59. The lowest BCUT2D eigenvalue weighted by atomic mass is 10.0. The molecule has 0 aromatic heterocycles. The number of halogens is 1. The lowest BCUT2D eigenvalue weighted by Crippen LogP contribution is -2.37. The number of esters is 1. The Bertz CT molecular complexity index is 479. The summed E-state index contributed by atoms with van der Waals surface area (Å²) in [6.07, 6.45) is 4.62. The third-order valence-corrected chi connectivity index (χ3v) is 4.51.